The number of carbonyl (C=O) groups excluding carboxylic acids is 1. The minimum absolute atomic E-state index is 0.237. The van der Waals surface area contributed by atoms with Crippen molar-refractivity contribution in [1.82, 2.24) is 4.57 Å². The van der Waals surface area contributed by atoms with Crippen LogP contribution in [0.2, 0.25) is 0 Å². The third-order valence-corrected chi connectivity index (χ3v) is 6.88. The van der Waals surface area contributed by atoms with Crippen LogP contribution < -0.4 is 9.47 Å². The number of carbonyl (C=O) groups is 1. The summed E-state index contributed by atoms with van der Waals surface area (Å²) in [6.07, 6.45) is -9.65. The lowest BCUT2D eigenvalue weighted by molar-refractivity contribution is -0.286. The molecule has 9 heteroatoms. The summed E-state index contributed by atoms with van der Waals surface area (Å²) in [5.41, 5.74) is -4.62. The highest BCUT2D eigenvalue weighted by molar-refractivity contribution is 5.95. The molecular formula is C28H30F3NO5. The van der Waals surface area contributed by atoms with Crippen molar-refractivity contribution < 1.29 is 48.6 Å². The Morgan fingerprint density at radius 2 is 1.97 bits per heavy atom. The molecule has 2 N–H and O–H groups in total. The molecule has 0 amide bonds. The van der Waals surface area contributed by atoms with Gasteiger partial charge in [0.25, 0.3) is 0 Å². The maximum atomic E-state index is 16.0. The van der Waals surface area contributed by atoms with Crippen LogP contribution in [-0.4, -0.2) is 39.5 Å². The summed E-state index contributed by atoms with van der Waals surface area (Å²) >= 11 is 0. The first-order chi connectivity index (χ1) is 20.4. The summed E-state index contributed by atoms with van der Waals surface area (Å²) in [5, 5.41) is 19.6. The third kappa shape index (κ3) is 4.48. The number of hydrogen-bond acceptors (Lipinski definition) is 5. The lowest BCUT2D eigenvalue weighted by Crippen LogP contribution is -2.26. The molecule has 6 nitrogen and oxygen atoms in total. The van der Waals surface area contributed by atoms with Crippen LogP contribution in [0, 0.1) is 5.82 Å². The van der Waals surface area contributed by atoms with Crippen molar-refractivity contribution in [2.45, 2.75) is 76.1 Å². The molecule has 1 fully saturated rings. The van der Waals surface area contributed by atoms with Gasteiger partial charge in [0, 0.05) is 25.7 Å². The van der Waals surface area contributed by atoms with Crippen molar-refractivity contribution in [3.05, 3.63) is 59.0 Å². The van der Waals surface area contributed by atoms with Gasteiger partial charge in [-0.05, 0) is 60.6 Å². The predicted octanol–water partition coefficient (Wildman–Crippen LogP) is 4.99. The average Bonchev–Trinajstić information content (AvgIpc) is 3.58. The summed E-state index contributed by atoms with van der Waals surface area (Å²) < 4.78 is 121. The van der Waals surface area contributed by atoms with Crippen molar-refractivity contribution in [3.63, 3.8) is 0 Å². The van der Waals surface area contributed by atoms with Crippen molar-refractivity contribution in [2.75, 3.05) is 6.61 Å². The van der Waals surface area contributed by atoms with Gasteiger partial charge >= 0.3 is 6.29 Å². The van der Waals surface area contributed by atoms with Gasteiger partial charge in [-0.25, -0.2) is 4.39 Å². The number of alkyl halides is 2. The van der Waals surface area contributed by atoms with E-state index >= 15 is 4.39 Å². The van der Waals surface area contributed by atoms with Gasteiger partial charge in [-0.2, -0.15) is 0 Å². The molecule has 0 unspecified atom stereocenters. The summed E-state index contributed by atoms with van der Waals surface area (Å²) in [7, 11) is 0. The van der Waals surface area contributed by atoms with Crippen LogP contribution >= 0.6 is 0 Å². The van der Waals surface area contributed by atoms with Crippen LogP contribution in [0.4, 0.5) is 13.2 Å². The van der Waals surface area contributed by atoms with Crippen molar-refractivity contribution in [3.8, 4) is 11.5 Å². The largest absolute Gasteiger partial charge is 0.586 e. The van der Waals surface area contributed by atoms with Gasteiger partial charge in [0.15, 0.2) is 11.5 Å². The predicted molar refractivity (Wildman–Crippen MR) is 131 cm³/mol. The first-order valence-electron chi connectivity index (χ1n) is 15.6. The fraction of sp³-hybridized carbons (Fsp3) is 0.464. The molecule has 2 heterocycles. The standard InChI is InChI=1S/C28H30F3NO5/c1-4-26(2,3)24-10-17-9-16(20(29)13-21(17)32(24)14-19(34)15-33)11-25(35)27(7-8-27)18-5-6-22-23(12-18)37-28(30,31)36-22/h5-6,9-10,12-13,19,33-34H,4,7-8,11,14-15H2,1-3H3/t19-/m0/s1/i4D2,9D,10D,13D,14D2,19D. The highest BCUT2D eigenvalue weighted by Crippen LogP contribution is 2.52. The van der Waals surface area contributed by atoms with Gasteiger partial charge in [-0.1, -0.05) is 26.8 Å². The Hall–Kier alpha value is -3.04. The molecular weight excluding hydrogens is 487 g/mol. The molecule has 1 atom stereocenters. The Bertz CT molecular complexity index is 1750. The molecule has 198 valence electrons. The van der Waals surface area contributed by atoms with Crippen molar-refractivity contribution >= 4 is 16.7 Å². The zero-order valence-electron chi connectivity index (χ0n) is 28.3. The zero-order valence-corrected chi connectivity index (χ0v) is 20.3. The average molecular weight is 526 g/mol. The minimum Gasteiger partial charge on any atom is -0.395 e. The summed E-state index contributed by atoms with van der Waals surface area (Å²) in [5.74, 6) is -2.57. The Morgan fingerprint density at radius 3 is 2.62 bits per heavy atom. The van der Waals surface area contributed by atoms with E-state index in [2.05, 4.69) is 9.47 Å². The molecule has 0 bridgehead atoms. The van der Waals surface area contributed by atoms with Gasteiger partial charge in [0.1, 0.15) is 11.6 Å². The van der Waals surface area contributed by atoms with E-state index in [-0.39, 0.29) is 24.3 Å². The van der Waals surface area contributed by atoms with Gasteiger partial charge in [0.05, 0.1) is 38.3 Å². The number of rotatable bonds is 9. The van der Waals surface area contributed by atoms with Crippen molar-refractivity contribution in [1.29, 1.82) is 0 Å². The van der Waals surface area contributed by atoms with Crippen LogP contribution in [-0.2, 0) is 28.5 Å². The van der Waals surface area contributed by atoms with Crippen molar-refractivity contribution in [2.24, 2.45) is 0 Å². The maximum Gasteiger partial charge on any atom is 0.586 e. The Balaban J connectivity index is 1.69. The molecule has 37 heavy (non-hydrogen) atoms. The van der Waals surface area contributed by atoms with E-state index < -0.39 is 101 Å². The number of aromatic nitrogens is 1. The smallest absolute Gasteiger partial charge is 0.395 e. The molecule has 0 spiro atoms. The highest BCUT2D eigenvalue weighted by Gasteiger charge is 2.52. The number of aliphatic hydroxyl groups is 2. The Kier molecular flexibility index (Phi) is 4.14. The second-order valence-corrected chi connectivity index (χ2v) is 9.68. The molecule has 0 radical (unpaired) electrons. The van der Waals surface area contributed by atoms with Gasteiger partial charge < -0.3 is 24.3 Å². The van der Waals surface area contributed by atoms with Gasteiger partial charge in [0.2, 0.25) is 0 Å². The SMILES string of the molecule is [2H]c1c(CC(=O)C2(c3ccc4c(c3)OC(F)(F)O4)CC2)c(F)c([2H])c2c1c([2H])c(C(C)(C)C([2H])([2H])C)n2C([2H])([2H])[C@]([2H])(O)CO. The van der Waals surface area contributed by atoms with Crippen LogP contribution in [0.1, 0.15) is 67.8 Å². The number of ketones is 1. The topological polar surface area (TPSA) is 80.9 Å². The van der Waals surface area contributed by atoms with Gasteiger partial charge in [-0.15, -0.1) is 8.78 Å². The van der Waals surface area contributed by atoms with E-state index in [1.807, 2.05) is 0 Å². The normalized spacial score (nSPS) is 23.0. The number of halogens is 3. The Morgan fingerprint density at radius 1 is 1.27 bits per heavy atom. The van der Waals surface area contributed by atoms with E-state index in [1.165, 1.54) is 32.0 Å². The maximum absolute atomic E-state index is 16.0. The number of ether oxygens (including phenoxy) is 2. The third-order valence-electron chi connectivity index (χ3n) is 6.88. The van der Waals surface area contributed by atoms with E-state index in [4.69, 9.17) is 11.0 Å². The van der Waals surface area contributed by atoms with E-state index in [0.29, 0.717) is 10.1 Å². The summed E-state index contributed by atoms with van der Waals surface area (Å²) in [4.78, 5) is 13.7. The first kappa shape index (κ1) is 17.5. The van der Waals surface area contributed by atoms with Gasteiger partial charge in [-0.3, -0.25) is 4.79 Å². The number of hydrogen-bond donors (Lipinski definition) is 2. The Labute approximate surface area is 223 Å². The second kappa shape index (κ2) is 8.77. The summed E-state index contributed by atoms with van der Waals surface area (Å²) in [6.45, 7) is -1.14. The zero-order chi connectivity index (χ0) is 33.9. The van der Waals surface area contributed by atoms with Crippen LogP contribution in [0.5, 0.6) is 11.5 Å². The van der Waals surface area contributed by atoms with E-state index in [9.17, 15) is 23.8 Å². The lowest BCUT2D eigenvalue weighted by Gasteiger charge is -2.26. The minimum atomic E-state index is -3.89. The quantitative estimate of drug-likeness (QED) is 0.412. The molecule has 5 rings (SSSR count). The van der Waals surface area contributed by atoms with Crippen LogP contribution in [0.25, 0.3) is 10.9 Å². The molecule has 1 saturated carbocycles. The molecule has 1 aliphatic carbocycles. The van der Waals surface area contributed by atoms with E-state index in [1.54, 1.807) is 0 Å². The fourth-order valence-corrected chi connectivity index (χ4v) is 4.43. The fourth-order valence-electron chi connectivity index (χ4n) is 4.43. The number of Topliss-reactive ketones (excluding diaryl/α,β-unsaturated/α-hetero) is 1. The lowest BCUT2D eigenvalue weighted by atomic mass is 9.86. The van der Waals surface area contributed by atoms with Crippen LogP contribution in [0.3, 0.4) is 0 Å². The monoisotopic (exact) mass is 525 g/mol. The van der Waals surface area contributed by atoms with Crippen LogP contribution in [0.15, 0.2) is 36.3 Å². The molecule has 0 saturated heterocycles. The molecule has 2 aliphatic rings. The molecule has 1 aliphatic heterocycles. The number of nitrogens with zero attached hydrogens (tertiary/aromatic N) is 1. The molecule has 3 aromatic rings. The first-order valence-corrected chi connectivity index (χ1v) is 11.6. The number of aliphatic hydroxyl groups excluding tert-OH is 1. The number of benzene rings is 2. The van der Waals surface area contributed by atoms with E-state index in [0.717, 1.165) is 6.92 Å². The second-order valence-electron chi connectivity index (χ2n) is 9.68. The molecule has 1 aromatic heterocycles. The number of fused-ring (bicyclic) bond motifs is 2. The molecule has 2 aromatic carbocycles. The highest BCUT2D eigenvalue weighted by atomic mass is 19.3. The summed E-state index contributed by atoms with van der Waals surface area (Å²) in [6, 6.07) is 1.29.